The van der Waals surface area contributed by atoms with Crippen LogP contribution in [0.25, 0.3) is 6.08 Å². The second kappa shape index (κ2) is 8.29. The molecule has 104 valence electrons. The van der Waals surface area contributed by atoms with Gasteiger partial charge in [0.1, 0.15) is 5.75 Å². The average Bonchev–Trinajstić information content (AvgIpc) is 2.43. The highest BCUT2D eigenvalue weighted by molar-refractivity contribution is 5.91. The predicted octanol–water partition coefficient (Wildman–Crippen LogP) is 0.832. The molecule has 0 heterocycles. The number of hydrogen-bond acceptors (Lipinski definition) is 4. The van der Waals surface area contributed by atoms with Crippen molar-refractivity contribution in [3.05, 3.63) is 35.9 Å². The number of ether oxygens (including phenoxy) is 2. The summed E-state index contributed by atoms with van der Waals surface area (Å²) in [6.07, 6.45) is 2.40. The average molecular weight is 265 g/mol. The molecule has 0 spiro atoms. The minimum absolute atomic E-state index is 0.162. The number of carbonyl (C=O) groups excluding carboxylic acids is 1. The topological polar surface area (TPSA) is 67.8 Å². The molecule has 0 saturated carbocycles. The van der Waals surface area contributed by atoms with Crippen LogP contribution in [0.2, 0.25) is 0 Å². The summed E-state index contributed by atoms with van der Waals surface area (Å²) in [5.74, 6) is 0.469. The molecule has 0 aliphatic heterocycles. The Labute approximate surface area is 112 Å². The number of aliphatic hydroxyl groups is 1. The van der Waals surface area contributed by atoms with Crippen molar-refractivity contribution in [1.82, 2.24) is 5.32 Å². The van der Waals surface area contributed by atoms with Gasteiger partial charge in [-0.2, -0.15) is 0 Å². The van der Waals surface area contributed by atoms with Crippen LogP contribution in [0.3, 0.4) is 0 Å². The Balaban J connectivity index is 2.44. The van der Waals surface area contributed by atoms with Crippen LogP contribution in [-0.4, -0.2) is 44.5 Å². The van der Waals surface area contributed by atoms with E-state index in [9.17, 15) is 9.90 Å². The molecule has 0 fully saturated rings. The number of aliphatic hydroxyl groups excluding tert-OH is 1. The molecule has 1 aromatic carbocycles. The van der Waals surface area contributed by atoms with E-state index in [1.807, 2.05) is 24.3 Å². The molecule has 0 aliphatic carbocycles. The molecule has 5 heteroatoms. The minimum atomic E-state index is -0.695. The molecular weight excluding hydrogens is 246 g/mol. The van der Waals surface area contributed by atoms with Crippen molar-refractivity contribution in [1.29, 1.82) is 0 Å². The summed E-state index contributed by atoms with van der Waals surface area (Å²) in [5, 5.41) is 12.0. The monoisotopic (exact) mass is 265 g/mol. The third-order valence-electron chi connectivity index (χ3n) is 2.39. The summed E-state index contributed by atoms with van der Waals surface area (Å²) >= 11 is 0. The Morgan fingerprint density at radius 3 is 2.95 bits per heavy atom. The van der Waals surface area contributed by atoms with Gasteiger partial charge in [-0.05, 0) is 23.8 Å². The van der Waals surface area contributed by atoms with E-state index in [1.165, 1.54) is 13.2 Å². The van der Waals surface area contributed by atoms with Crippen molar-refractivity contribution >= 4 is 12.0 Å². The smallest absolute Gasteiger partial charge is 0.244 e. The van der Waals surface area contributed by atoms with E-state index in [0.29, 0.717) is 0 Å². The van der Waals surface area contributed by atoms with Gasteiger partial charge in [-0.15, -0.1) is 0 Å². The molecule has 2 N–H and O–H groups in total. The van der Waals surface area contributed by atoms with Gasteiger partial charge in [0.15, 0.2) is 0 Å². The van der Waals surface area contributed by atoms with Crippen LogP contribution in [0.4, 0.5) is 0 Å². The van der Waals surface area contributed by atoms with Crippen molar-refractivity contribution in [3.63, 3.8) is 0 Å². The van der Waals surface area contributed by atoms with Crippen molar-refractivity contribution < 1.29 is 19.4 Å². The van der Waals surface area contributed by atoms with Crippen LogP contribution in [0.1, 0.15) is 5.56 Å². The number of carbonyl (C=O) groups is 1. The molecule has 0 aliphatic rings. The third kappa shape index (κ3) is 6.03. The van der Waals surface area contributed by atoms with Gasteiger partial charge in [0.05, 0.1) is 19.8 Å². The number of hydrogen-bond donors (Lipinski definition) is 2. The maximum atomic E-state index is 11.5. The highest BCUT2D eigenvalue weighted by Gasteiger charge is 2.04. The second-order valence-electron chi connectivity index (χ2n) is 3.96. The van der Waals surface area contributed by atoms with Gasteiger partial charge in [-0.1, -0.05) is 12.1 Å². The summed E-state index contributed by atoms with van der Waals surface area (Å²) in [5.41, 5.74) is 0.868. The molecular formula is C14H19NO4. The van der Waals surface area contributed by atoms with E-state index in [4.69, 9.17) is 9.47 Å². The Morgan fingerprint density at radius 2 is 2.26 bits per heavy atom. The SMILES string of the molecule is COCC(O)CNC(=O)C=Cc1cccc(OC)c1. The van der Waals surface area contributed by atoms with E-state index >= 15 is 0 Å². The van der Waals surface area contributed by atoms with Crippen LogP contribution < -0.4 is 10.1 Å². The van der Waals surface area contributed by atoms with Crippen LogP contribution in [0, 0.1) is 0 Å². The van der Waals surface area contributed by atoms with E-state index in [2.05, 4.69) is 5.32 Å². The second-order valence-corrected chi connectivity index (χ2v) is 3.96. The van der Waals surface area contributed by atoms with Crippen molar-refractivity contribution in [3.8, 4) is 5.75 Å². The summed E-state index contributed by atoms with van der Waals surface area (Å²) < 4.78 is 9.84. The lowest BCUT2D eigenvalue weighted by atomic mass is 10.2. The van der Waals surface area contributed by atoms with Crippen LogP contribution >= 0.6 is 0 Å². The molecule has 19 heavy (non-hydrogen) atoms. The number of methoxy groups -OCH3 is 2. The van der Waals surface area contributed by atoms with Crippen LogP contribution in [0.15, 0.2) is 30.3 Å². The zero-order valence-corrected chi connectivity index (χ0v) is 11.1. The highest BCUT2D eigenvalue weighted by atomic mass is 16.5. The molecule has 1 aromatic rings. The minimum Gasteiger partial charge on any atom is -0.497 e. The first-order chi connectivity index (χ1) is 9.15. The summed E-state index contributed by atoms with van der Waals surface area (Å²) in [6, 6.07) is 7.37. The fourth-order valence-corrected chi connectivity index (χ4v) is 1.45. The third-order valence-corrected chi connectivity index (χ3v) is 2.39. The number of benzene rings is 1. The van der Waals surface area contributed by atoms with Crippen molar-refractivity contribution in [2.75, 3.05) is 27.4 Å². The first-order valence-corrected chi connectivity index (χ1v) is 5.92. The Bertz CT molecular complexity index is 431. The standard InChI is InChI=1S/C14H19NO4/c1-18-10-12(16)9-15-14(17)7-6-11-4-3-5-13(8-11)19-2/h3-8,12,16H,9-10H2,1-2H3,(H,15,17). The van der Waals surface area contributed by atoms with Crippen LogP contribution in [0.5, 0.6) is 5.75 Å². The fourth-order valence-electron chi connectivity index (χ4n) is 1.45. The molecule has 1 amide bonds. The summed E-state index contributed by atoms with van der Waals surface area (Å²) in [6.45, 7) is 0.356. The molecule has 5 nitrogen and oxygen atoms in total. The lowest BCUT2D eigenvalue weighted by Crippen LogP contribution is -2.33. The summed E-state index contributed by atoms with van der Waals surface area (Å²) in [7, 11) is 3.08. The summed E-state index contributed by atoms with van der Waals surface area (Å²) in [4.78, 5) is 11.5. The molecule has 0 aromatic heterocycles. The molecule has 0 bridgehead atoms. The van der Waals surface area contributed by atoms with E-state index < -0.39 is 6.10 Å². The molecule has 0 saturated heterocycles. The number of rotatable bonds is 7. The van der Waals surface area contributed by atoms with E-state index in [-0.39, 0.29) is 19.1 Å². The zero-order valence-electron chi connectivity index (χ0n) is 11.1. The maximum absolute atomic E-state index is 11.5. The first-order valence-electron chi connectivity index (χ1n) is 5.92. The number of amides is 1. The lowest BCUT2D eigenvalue weighted by Gasteiger charge is -2.09. The van der Waals surface area contributed by atoms with Gasteiger partial charge in [0.2, 0.25) is 5.91 Å². The Morgan fingerprint density at radius 1 is 1.47 bits per heavy atom. The van der Waals surface area contributed by atoms with Gasteiger partial charge < -0.3 is 19.9 Å². The van der Waals surface area contributed by atoms with Gasteiger partial charge in [-0.3, -0.25) is 4.79 Å². The van der Waals surface area contributed by atoms with E-state index in [1.54, 1.807) is 13.2 Å². The first kappa shape index (κ1) is 15.2. The van der Waals surface area contributed by atoms with E-state index in [0.717, 1.165) is 11.3 Å². The Hall–Kier alpha value is -1.85. The molecule has 1 unspecified atom stereocenters. The predicted molar refractivity (Wildman–Crippen MR) is 72.9 cm³/mol. The maximum Gasteiger partial charge on any atom is 0.244 e. The highest BCUT2D eigenvalue weighted by Crippen LogP contribution is 2.13. The molecule has 1 rings (SSSR count). The van der Waals surface area contributed by atoms with Crippen LogP contribution in [-0.2, 0) is 9.53 Å². The quantitative estimate of drug-likeness (QED) is 0.717. The molecule has 1 atom stereocenters. The van der Waals surface area contributed by atoms with Gasteiger partial charge in [0, 0.05) is 19.7 Å². The number of nitrogens with one attached hydrogen (secondary N) is 1. The lowest BCUT2D eigenvalue weighted by molar-refractivity contribution is -0.117. The largest absolute Gasteiger partial charge is 0.497 e. The Kier molecular flexibility index (Phi) is 6.63. The zero-order chi connectivity index (χ0) is 14.1. The van der Waals surface area contributed by atoms with Gasteiger partial charge >= 0.3 is 0 Å². The van der Waals surface area contributed by atoms with Crippen molar-refractivity contribution in [2.24, 2.45) is 0 Å². The van der Waals surface area contributed by atoms with Gasteiger partial charge in [0.25, 0.3) is 0 Å². The van der Waals surface area contributed by atoms with Crippen molar-refractivity contribution in [2.45, 2.75) is 6.10 Å². The molecule has 0 radical (unpaired) electrons. The van der Waals surface area contributed by atoms with Gasteiger partial charge in [-0.25, -0.2) is 0 Å². The normalized spacial score (nSPS) is 12.4. The fraction of sp³-hybridized carbons (Fsp3) is 0.357.